The third-order valence-corrected chi connectivity index (χ3v) is 6.38. The molecule has 0 spiro atoms. The van der Waals surface area contributed by atoms with Crippen LogP contribution in [0.25, 0.3) is 0 Å². The molecule has 0 radical (unpaired) electrons. The topological polar surface area (TPSA) is 69.6 Å². The highest BCUT2D eigenvalue weighted by Gasteiger charge is 2.49. The van der Waals surface area contributed by atoms with E-state index in [2.05, 4.69) is 5.32 Å². The van der Waals surface area contributed by atoms with Gasteiger partial charge in [0, 0.05) is 46.6 Å². The van der Waals surface area contributed by atoms with Crippen LogP contribution in [-0.4, -0.2) is 45.6 Å². The van der Waals surface area contributed by atoms with Crippen molar-refractivity contribution >= 4 is 23.3 Å². The van der Waals surface area contributed by atoms with Gasteiger partial charge in [0.1, 0.15) is 0 Å². The van der Waals surface area contributed by atoms with Crippen LogP contribution in [0.5, 0.6) is 0 Å². The molecule has 5 nitrogen and oxygen atoms in total. The largest absolute Gasteiger partial charge is 0.465 e. The van der Waals surface area contributed by atoms with E-state index >= 15 is 0 Å². The Morgan fingerprint density at radius 2 is 1.93 bits per heavy atom. The lowest BCUT2D eigenvalue weighted by Crippen LogP contribution is -2.46. The predicted octanol–water partition coefficient (Wildman–Crippen LogP) is 4.69. The van der Waals surface area contributed by atoms with Gasteiger partial charge in [-0.3, -0.25) is 9.69 Å². The van der Waals surface area contributed by atoms with Crippen LogP contribution in [0.1, 0.15) is 74.0 Å². The fraction of sp³-hybridized carbons (Fsp3) is 0.684. The number of hydrogen-bond donors (Lipinski definition) is 2. The zero-order chi connectivity index (χ0) is 20.0. The van der Waals surface area contributed by atoms with Gasteiger partial charge in [-0.25, -0.2) is 13.6 Å². The third-order valence-electron chi connectivity index (χ3n) is 5.32. The van der Waals surface area contributed by atoms with Crippen LogP contribution in [0, 0.1) is 0 Å². The van der Waals surface area contributed by atoms with Crippen molar-refractivity contribution in [3.63, 3.8) is 0 Å². The van der Waals surface area contributed by atoms with E-state index in [9.17, 15) is 23.5 Å². The van der Waals surface area contributed by atoms with Crippen molar-refractivity contribution in [2.75, 3.05) is 0 Å². The van der Waals surface area contributed by atoms with Crippen LogP contribution in [0.2, 0.25) is 0 Å². The van der Waals surface area contributed by atoms with Gasteiger partial charge in [-0.1, -0.05) is 0 Å². The number of amides is 2. The van der Waals surface area contributed by atoms with Crippen molar-refractivity contribution in [2.24, 2.45) is 0 Å². The summed E-state index contributed by atoms with van der Waals surface area (Å²) >= 11 is 1.45. The number of carbonyl (C=O) groups excluding carboxylic acids is 1. The molecule has 0 saturated heterocycles. The van der Waals surface area contributed by atoms with Crippen molar-refractivity contribution in [1.82, 2.24) is 10.2 Å². The Bertz CT molecular complexity index is 719. The van der Waals surface area contributed by atoms with E-state index in [1.165, 1.54) is 16.2 Å². The molecule has 2 atom stereocenters. The molecular formula is C19H26F2N2O3S. The molecule has 2 N–H and O–H groups in total. The van der Waals surface area contributed by atoms with Gasteiger partial charge in [0.2, 0.25) is 5.92 Å². The van der Waals surface area contributed by atoms with Gasteiger partial charge in [0.15, 0.2) is 0 Å². The molecule has 150 valence electrons. The summed E-state index contributed by atoms with van der Waals surface area (Å²) in [6.45, 7) is 5.62. The molecule has 2 aliphatic carbocycles. The van der Waals surface area contributed by atoms with Crippen LogP contribution in [0.4, 0.5) is 13.6 Å². The zero-order valence-electron chi connectivity index (χ0n) is 15.8. The standard InChI is InChI=1S/C19H26F2N2O3S/c1-18(2,3)23(17(25)26)14-9-13(14)15-8-11(10-27-15)16(24)22-12-4-6-19(20,21)7-5-12/h8,10,12-14H,4-7,9H2,1-3H3,(H,22,24)(H,25,26). The van der Waals surface area contributed by atoms with Gasteiger partial charge in [0.05, 0.1) is 5.56 Å². The Labute approximate surface area is 161 Å². The second-order valence-electron chi connectivity index (χ2n) is 8.57. The molecule has 1 aromatic rings. The van der Waals surface area contributed by atoms with E-state index in [1.807, 2.05) is 26.8 Å². The minimum Gasteiger partial charge on any atom is -0.465 e. The van der Waals surface area contributed by atoms with Crippen molar-refractivity contribution in [2.45, 2.75) is 82.3 Å². The average Bonchev–Trinajstić information content (AvgIpc) is 3.12. The smallest absolute Gasteiger partial charge is 0.408 e. The number of carbonyl (C=O) groups is 2. The number of hydrogen-bond acceptors (Lipinski definition) is 3. The summed E-state index contributed by atoms with van der Waals surface area (Å²) in [4.78, 5) is 26.5. The SMILES string of the molecule is CC(C)(C)N(C(=O)O)C1CC1c1cc(C(=O)NC2CCC(F)(F)CC2)cs1. The number of nitrogens with zero attached hydrogens (tertiary/aromatic N) is 1. The number of alkyl halides is 2. The third kappa shape index (κ3) is 4.59. The van der Waals surface area contributed by atoms with E-state index in [0.29, 0.717) is 18.4 Å². The molecule has 2 saturated carbocycles. The van der Waals surface area contributed by atoms with Gasteiger partial charge in [-0.15, -0.1) is 11.3 Å². The molecule has 2 fully saturated rings. The van der Waals surface area contributed by atoms with Gasteiger partial charge in [-0.05, 0) is 46.1 Å². The number of rotatable bonds is 4. The zero-order valence-corrected chi connectivity index (χ0v) is 16.6. The monoisotopic (exact) mass is 400 g/mol. The average molecular weight is 400 g/mol. The van der Waals surface area contributed by atoms with Crippen LogP contribution in [-0.2, 0) is 0 Å². The first-order valence-electron chi connectivity index (χ1n) is 9.27. The summed E-state index contributed by atoms with van der Waals surface area (Å²) in [5.74, 6) is -2.74. The number of thiophene rings is 1. The Balaban J connectivity index is 1.59. The second-order valence-corrected chi connectivity index (χ2v) is 9.52. The van der Waals surface area contributed by atoms with Gasteiger partial charge in [-0.2, -0.15) is 0 Å². The lowest BCUT2D eigenvalue weighted by atomic mass is 9.92. The van der Waals surface area contributed by atoms with Crippen LogP contribution >= 0.6 is 11.3 Å². The summed E-state index contributed by atoms with van der Waals surface area (Å²) in [5, 5.41) is 14.1. The summed E-state index contributed by atoms with van der Waals surface area (Å²) in [7, 11) is 0. The molecule has 0 bridgehead atoms. The second kappa shape index (κ2) is 7.04. The quantitative estimate of drug-likeness (QED) is 0.770. The molecule has 0 aliphatic heterocycles. The van der Waals surface area contributed by atoms with Gasteiger partial charge >= 0.3 is 6.09 Å². The predicted molar refractivity (Wildman–Crippen MR) is 99.8 cm³/mol. The molecule has 2 amide bonds. The van der Waals surface area contributed by atoms with Crippen molar-refractivity contribution in [3.8, 4) is 0 Å². The van der Waals surface area contributed by atoms with Crippen molar-refractivity contribution in [1.29, 1.82) is 0 Å². The summed E-state index contributed by atoms with van der Waals surface area (Å²) in [5.41, 5.74) is 0.0433. The lowest BCUT2D eigenvalue weighted by molar-refractivity contribution is -0.0399. The van der Waals surface area contributed by atoms with Crippen molar-refractivity contribution < 1.29 is 23.5 Å². The maximum absolute atomic E-state index is 13.2. The highest BCUT2D eigenvalue weighted by atomic mass is 32.1. The Morgan fingerprint density at radius 1 is 1.30 bits per heavy atom. The fourth-order valence-electron chi connectivity index (χ4n) is 3.82. The summed E-state index contributed by atoms with van der Waals surface area (Å²) in [6, 6.07) is 1.53. The summed E-state index contributed by atoms with van der Waals surface area (Å²) < 4.78 is 26.4. The first-order chi connectivity index (χ1) is 12.5. The Morgan fingerprint density at radius 3 is 2.48 bits per heavy atom. The molecule has 0 aromatic carbocycles. The van der Waals surface area contributed by atoms with Crippen molar-refractivity contribution in [3.05, 3.63) is 21.9 Å². The van der Waals surface area contributed by atoms with Gasteiger partial charge in [0.25, 0.3) is 5.91 Å². The Kier molecular flexibility index (Phi) is 5.22. The van der Waals surface area contributed by atoms with Gasteiger partial charge < -0.3 is 10.4 Å². The Hall–Kier alpha value is -1.70. The van der Waals surface area contributed by atoms with E-state index in [1.54, 1.807) is 5.38 Å². The van der Waals surface area contributed by atoms with E-state index in [4.69, 9.17) is 0 Å². The first kappa shape index (κ1) is 20.0. The molecule has 1 aromatic heterocycles. The van der Waals surface area contributed by atoms with E-state index < -0.39 is 17.6 Å². The van der Waals surface area contributed by atoms with E-state index in [-0.39, 0.29) is 36.8 Å². The van der Waals surface area contributed by atoms with Crippen LogP contribution in [0.3, 0.4) is 0 Å². The molecule has 2 unspecified atom stereocenters. The molecule has 27 heavy (non-hydrogen) atoms. The van der Waals surface area contributed by atoms with E-state index in [0.717, 1.165) is 11.3 Å². The first-order valence-corrected chi connectivity index (χ1v) is 10.2. The minimum atomic E-state index is -2.61. The number of carboxylic acid groups (broad SMARTS) is 1. The fourth-order valence-corrected chi connectivity index (χ4v) is 4.88. The number of halogens is 2. The highest BCUT2D eigenvalue weighted by Crippen LogP contribution is 2.49. The normalized spacial score (nSPS) is 25.1. The minimum absolute atomic E-state index is 0.0716. The number of nitrogens with one attached hydrogen (secondary N) is 1. The molecule has 3 rings (SSSR count). The molecule has 8 heteroatoms. The summed E-state index contributed by atoms with van der Waals surface area (Å²) in [6.07, 6.45) is 0.0313. The maximum Gasteiger partial charge on any atom is 0.408 e. The highest BCUT2D eigenvalue weighted by molar-refractivity contribution is 7.10. The molecule has 2 aliphatic rings. The molecular weight excluding hydrogens is 374 g/mol. The maximum atomic E-state index is 13.2. The molecule has 1 heterocycles. The van der Waals surface area contributed by atoms with Crippen LogP contribution < -0.4 is 5.32 Å². The van der Waals surface area contributed by atoms with Crippen LogP contribution in [0.15, 0.2) is 11.4 Å². The lowest BCUT2D eigenvalue weighted by Gasteiger charge is -2.33.